The molecule has 186 valence electrons. The van der Waals surface area contributed by atoms with Gasteiger partial charge < -0.3 is 14.9 Å². The van der Waals surface area contributed by atoms with Crippen LogP contribution in [0.4, 0.5) is 10.5 Å². The molecule has 13 nitrogen and oxygen atoms in total. The zero-order valence-corrected chi connectivity index (χ0v) is 19.2. The van der Waals surface area contributed by atoms with Crippen molar-refractivity contribution in [2.75, 3.05) is 5.43 Å². The van der Waals surface area contributed by atoms with Crippen LogP contribution < -0.4 is 21.9 Å². The molecule has 1 saturated carbocycles. The van der Waals surface area contributed by atoms with Crippen molar-refractivity contribution in [2.24, 2.45) is 0 Å². The quantitative estimate of drug-likeness (QED) is 0.213. The number of aromatic amines is 1. The first kappa shape index (κ1) is 23.1. The molecular weight excluding hydrogens is 468 g/mol. The molecule has 0 bridgehead atoms. The lowest BCUT2D eigenvalue weighted by atomic mass is 9.95. The predicted molar refractivity (Wildman–Crippen MR) is 131 cm³/mol. The Labute approximate surface area is 203 Å². The number of urea groups is 1. The summed E-state index contributed by atoms with van der Waals surface area (Å²) >= 11 is 0. The molecule has 4 aromatic rings. The Morgan fingerprint density at radius 1 is 1.19 bits per heavy atom. The number of nitro benzene ring substituents is 1. The summed E-state index contributed by atoms with van der Waals surface area (Å²) in [6, 6.07) is 4.01. The monoisotopic (exact) mass is 492 g/mol. The highest BCUT2D eigenvalue weighted by molar-refractivity contribution is 5.82. The fourth-order valence-corrected chi connectivity index (χ4v) is 4.67. The molecule has 0 unspecified atom stereocenters. The molecule has 1 aliphatic carbocycles. The number of hydrogen-bond donors (Lipinski definition) is 3. The molecule has 3 aromatic heterocycles. The number of rotatable bonds is 6. The van der Waals surface area contributed by atoms with Crippen molar-refractivity contribution in [2.45, 2.75) is 44.7 Å². The zero-order chi connectivity index (χ0) is 25.2. The van der Waals surface area contributed by atoms with E-state index in [9.17, 15) is 24.5 Å². The Bertz CT molecular complexity index is 1540. The van der Waals surface area contributed by atoms with Crippen molar-refractivity contribution in [3.63, 3.8) is 0 Å². The summed E-state index contributed by atoms with van der Waals surface area (Å²) in [5, 5.41) is 14.6. The number of amides is 2. The molecule has 13 heteroatoms. The van der Waals surface area contributed by atoms with Crippen molar-refractivity contribution >= 4 is 22.8 Å². The minimum atomic E-state index is -0.793. The van der Waals surface area contributed by atoms with Crippen LogP contribution in [0.25, 0.3) is 16.7 Å². The summed E-state index contributed by atoms with van der Waals surface area (Å²) in [7, 11) is 0. The van der Waals surface area contributed by atoms with Crippen LogP contribution in [0, 0.1) is 10.1 Å². The Morgan fingerprint density at radius 3 is 2.72 bits per heavy atom. The van der Waals surface area contributed by atoms with Crippen molar-refractivity contribution < 1.29 is 9.72 Å². The first-order chi connectivity index (χ1) is 17.4. The van der Waals surface area contributed by atoms with E-state index in [1.807, 2.05) is 0 Å². The molecule has 5 rings (SSSR count). The van der Waals surface area contributed by atoms with Crippen LogP contribution in [0.15, 0.2) is 58.9 Å². The molecule has 1 fully saturated rings. The van der Waals surface area contributed by atoms with Gasteiger partial charge in [-0.3, -0.25) is 24.3 Å². The SMILES string of the molecule is O=C(NCc1ccn(-c2cc3c(cc2[N+](=O)[O-])[nH]c(=O)c(=O)n3C2CCCCC2)c1)Nn1ccnc1. The van der Waals surface area contributed by atoms with Gasteiger partial charge in [0, 0.05) is 43.4 Å². The Morgan fingerprint density at radius 2 is 2.00 bits per heavy atom. The van der Waals surface area contributed by atoms with Crippen LogP contribution in [-0.4, -0.2) is 34.7 Å². The number of imidazole rings is 1. The van der Waals surface area contributed by atoms with Gasteiger partial charge in [-0.05, 0) is 30.5 Å². The summed E-state index contributed by atoms with van der Waals surface area (Å²) in [6.07, 6.45) is 12.4. The van der Waals surface area contributed by atoms with Crippen LogP contribution in [-0.2, 0) is 6.54 Å². The van der Waals surface area contributed by atoms with Crippen LogP contribution in [0.3, 0.4) is 0 Å². The fourth-order valence-electron chi connectivity index (χ4n) is 4.67. The van der Waals surface area contributed by atoms with Crippen molar-refractivity contribution in [3.8, 4) is 5.69 Å². The highest BCUT2D eigenvalue weighted by atomic mass is 16.6. The van der Waals surface area contributed by atoms with Gasteiger partial charge in [0.2, 0.25) is 0 Å². The van der Waals surface area contributed by atoms with E-state index >= 15 is 0 Å². The second-order valence-corrected chi connectivity index (χ2v) is 8.73. The van der Waals surface area contributed by atoms with E-state index in [1.165, 1.54) is 27.8 Å². The van der Waals surface area contributed by atoms with Crippen molar-refractivity contribution in [1.29, 1.82) is 0 Å². The zero-order valence-electron chi connectivity index (χ0n) is 19.2. The maximum absolute atomic E-state index is 12.8. The van der Waals surface area contributed by atoms with E-state index in [4.69, 9.17) is 0 Å². The van der Waals surface area contributed by atoms with Crippen LogP contribution in [0.2, 0.25) is 0 Å². The average molecular weight is 492 g/mol. The van der Waals surface area contributed by atoms with E-state index in [-0.39, 0.29) is 29.5 Å². The standard InChI is InChI=1S/C23H24N8O5/c32-21-22(33)30(16-4-2-1-3-5-16)18-11-19(20(31(35)36)10-17(18)26-21)28-8-6-15(13-28)12-25-23(34)27-29-9-7-24-14-29/h6-11,13-14,16H,1-5,12H2,(H,26,32)(H2,25,27,34). The number of nitrogens with one attached hydrogen (secondary N) is 3. The first-order valence-electron chi connectivity index (χ1n) is 11.6. The lowest BCUT2D eigenvalue weighted by Gasteiger charge is -2.25. The Hall–Kier alpha value is -4.68. The van der Waals surface area contributed by atoms with Crippen LogP contribution in [0.1, 0.15) is 43.7 Å². The lowest BCUT2D eigenvalue weighted by molar-refractivity contribution is -0.384. The Balaban J connectivity index is 1.50. The number of fused-ring (bicyclic) bond motifs is 1. The third-order valence-electron chi connectivity index (χ3n) is 6.37. The molecule has 3 heterocycles. The summed E-state index contributed by atoms with van der Waals surface area (Å²) in [5.74, 6) is 0. The molecule has 1 aliphatic rings. The minimum absolute atomic E-state index is 0.135. The maximum Gasteiger partial charge on any atom is 0.334 e. The number of H-pyrrole nitrogens is 1. The van der Waals surface area contributed by atoms with E-state index < -0.39 is 22.1 Å². The van der Waals surface area contributed by atoms with Crippen molar-refractivity contribution in [3.05, 3.63) is 85.7 Å². The molecule has 3 N–H and O–H groups in total. The maximum atomic E-state index is 12.8. The molecular formula is C23H24N8O5. The van der Waals surface area contributed by atoms with Gasteiger partial charge in [-0.25, -0.2) is 19.9 Å². The average Bonchev–Trinajstić information content (AvgIpc) is 3.56. The molecule has 0 saturated heterocycles. The van der Waals surface area contributed by atoms with E-state index in [0.29, 0.717) is 11.1 Å². The second kappa shape index (κ2) is 9.52. The van der Waals surface area contributed by atoms with Gasteiger partial charge in [0.1, 0.15) is 12.0 Å². The number of nitro groups is 1. The molecule has 0 radical (unpaired) electrons. The van der Waals surface area contributed by atoms with E-state index in [2.05, 4.69) is 20.7 Å². The number of aromatic nitrogens is 5. The molecule has 0 spiro atoms. The molecule has 1 aromatic carbocycles. The highest BCUT2D eigenvalue weighted by Gasteiger charge is 2.24. The number of nitrogens with zero attached hydrogens (tertiary/aromatic N) is 5. The van der Waals surface area contributed by atoms with Gasteiger partial charge in [0.05, 0.1) is 16.0 Å². The second-order valence-electron chi connectivity index (χ2n) is 8.73. The van der Waals surface area contributed by atoms with E-state index in [0.717, 1.165) is 32.1 Å². The fraction of sp³-hybridized carbons (Fsp3) is 0.304. The third kappa shape index (κ3) is 4.50. The van der Waals surface area contributed by atoms with Gasteiger partial charge in [-0.2, -0.15) is 0 Å². The van der Waals surface area contributed by atoms with Crippen LogP contribution in [0.5, 0.6) is 0 Å². The van der Waals surface area contributed by atoms with Gasteiger partial charge in [0.15, 0.2) is 0 Å². The number of carbonyl (C=O) groups is 1. The number of hydrogen-bond acceptors (Lipinski definition) is 6. The predicted octanol–water partition coefficient (Wildman–Crippen LogP) is 2.54. The Kier molecular flexibility index (Phi) is 6.10. The van der Waals surface area contributed by atoms with Gasteiger partial charge in [0.25, 0.3) is 5.69 Å². The molecule has 2 amide bonds. The van der Waals surface area contributed by atoms with Gasteiger partial charge in [-0.15, -0.1) is 0 Å². The minimum Gasteiger partial charge on any atom is -0.333 e. The molecule has 36 heavy (non-hydrogen) atoms. The van der Waals surface area contributed by atoms with Crippen LogP contribution >= 0.6 is 0 Å². The van der Waals surface area contributed by atoms with Crippen molar-refractivity contribution in [1.82, 2.24) is 29.1 Å². The smallest absolute Gasteiger partial charge is 0.333 e. The summed E-state index contributed by atoms with van der Waals surface area (Å²) < 4.78 is 4.46. The highest BCUT2D eigenvalue weighted by Crippen LogP contribution is 2.32. The van der Waals surface area contributed by atoms with Gasteiger partial charge in [-0.1, -0.05) is 19.3 Å². The number of carbonyl (C=O) groups excluding carboxylic acids is 1. The topological polar surface area (TPSA) is 162 Å². The summed E-state index contributed by atoms with van der Waals surface area (Å²) in [5.41, 5.74) is 2.54. The normalized spacial score (nSPS) is 14.1. The summed E-state index contributed by atoms with van der Waals surface area (Å²) in [6.45, 7) is 0.176. The lowest BCUT2D eigenvalue weighted by Crippen LogP contribution is -2.39. The summed E-state index contributed by atoms with van der Waals surface area (Å²) in [4.78, 5) is 55.0. The van der Waals surface area contributed by atoms with E-state index in [1.54, 1.807) is 35.3 Å². The van der Waals surface area contributed by atoms with Gasteiger partial charge >= 0.3 is 17.1 Å². The first-order valence-corrected chi connectivity index (χ1v) is 11.6. The third-order valence-corrected chi connectivity index (χ3v) is 6.37. The molecule has 0 atom stereocenters. The number of benzene rings is 1. The largest absolute Gasteiger partial charge is 0.334 e. The molecule has 0 aliphatic heterocycles.